The topological polar surface area (TPSA) is 76.0 Å². The van der Waals surface area contributed by atoms with Crippen LogP contribution in [0.2, 0.25) is 0 Å². The Kier molecular flexibility index (Phi) is 6.82. The van der Waals surface area contributed by atoms with Crippen LogP contribution < -0.4 is 0 Å². The van der Waals surface area contributed by atoms with E-state index in [-0.39, 0.29) is 34.9 Å². The van der Waals surface area contributed by atoms with Gasteiger partial charge in [0, 0.05) is 29.3 Å². The lowest BCUT2D eigenvalue weighted by atomic mass is 9.69. The van der Waals surface area contributed by atoms with Gasteiger partial charge in [-0.2, -0.15) is 0 Å². The van der Waals surface area contributed by atoms with Crippen molar-refractivity contribution >= 4 is 17.5 Å². The zero-order valence-electron chi connectivity index (χ0n) is 22.3. The van der Waals surface area contributed by atoms with Gasteiger partial charge in [-0.15, -0.1) is 0 Å². The molecule has 5 rings (SSSR count). The van der Waals surface area contributed by atoms with Crippen molar-refractivity contribution in [2.75, 3.05) is 0 Å². The van der Waals surface area contributed by atoms with E-state index in [0.717, 1.165) is 42.5 Å². The summed E-state index contributed by atoms with van der Waals surface area (Å²) in [7, 11) is 0. The molecule has 5 nitrogen and oxygen atoms in total. The molecule has 0 spiro atoms. The highest BCUT2D eigenvalue weighted by molar-refractivity contribution is 6.09. The summed E-state index contributed by atoms with van der Waals surface area (Å²) < 4.78 is 5.93. The van der Waals surface area contributed by atoms with E-state index < -0.39 is 11.8 Å². The number of aliphatic imine (C=N–C) groups is 1. The van der Waals surface area contributed by atoms with Crippen LogP contribution >= 0.6 is 0 Å². The van der Waals surface area contributed by atoms with Gasteiger partial charge in [-0.05, 0) is 79.2 Å². The Labute approximate surface area is 219 Å². The smallest absolute Gasteiger partial charge is 0.315 e. The second-order valence-corrected chi connectivity index (χ2v) is 11.9. The van der Waals surface area contributed by atoms with Gasteiger partial charge in [0.25, 0.3) is 0 Å². The maximum atomic E-state index is 13.8. The first-order valence-corrected chi connectivity index (χ1v) is 13.5. The number of carbonyl (C=O) groups excluding carboxylic acids is 2. The maximum absolute atomic E-state index is 13.8. The van der Waals surface area contributed by atoms with Crippen molar-refractivity contribution in [2.45, 2.75) is 89.6 Å². The van der Waals surface area contributed by atoms with Gasteiger partial charge in [0.05, 0.1) is 0 Å². The molecule has 1 saturated carbocycles. The fourth-order valence-corrected chi connectivity index (χ4v) is 6.18. The second kappa shape index (κ2) is 9.92. The van der Waals surface area contributed by atoms with Crippen LogP contribution in [0.4, 0.5) is 0 Å². The molecule has 3 unspecified atom stereocenters. The van der Waals surface area contributed by atoms with E-state index in [2.05, 4.69) is 45.0 Å². The normalized spacial score (nSPS) is 24.6. The van der Waals surface area contributed by atoms with Crippen LogP contribution in [-0.2, 0) is 19.7 Å². The Morgan fingerprint density at radius 2 is 1.70 bits per heavy atom. The molecule has 0 aromatic heterocycles. The average Bonchev–Trinajstić information content (AvgIpc) is 3.35. The number of phenolic OH excluding ortho intramolecular Hbond substituents is 1. The van der Waals surface area contributed by atoms with Gasteiger partial charge in [-0.1, -0.05) is 57.2 Å². The first-order chi connectivity index (χ1) is 17.6. The molecule has 3 atom stereocenters. The molecule has 2 aliphatic carbocycles. The Morgan fingerprint density at radius 1 is 1.00 bits per heavy atom. The van der Waals surface area contributed by atoms with Crippen LogP contribution in [0.5, 0.6) is 5.75 Å². The Balaban J connectivity index is 1.50. The highest BCUT2D eigenvalue weighted by atomic mass is 16.5. The summed E-state index contributed by atoms with van der Waals surface area (Å²) in [5.74, 6) is -1.32. The van der Waals surface area contributed by atoms with E-state index in [9.17, 15) is 14.7 Å². The summed E-state index contributed by atoms with van der Waals surface area (Å²) in [6, 6.07) is 15.5. The van der Waals surface area contributed by atoms with E-state index in [1.807, 2.05) is 13.0 Å². The maximum Gasteiger partial charge on any atom is 0.315 e. The van der Waals surface area contributed by atoms with Gasteiger partial charge in [0.1, 0.15) is 17.8 Å². The Hall–Kier alpha value is -3.21. The third-order valence-electron chi connectivity index (χ3n) is 8.20. The van der Waals surface area contributed by atoms with E-state index in [4.69, 9.17) is 9.73 Å². The number of esters is 1. The second-order valence-electron chi connectivity index (χ2n) is 11.9. The van der Waals surface area contributed by atoms with E-state index in [1.165, 1.54) is 5.56 Å². The minimum Gasteiger partial charge on any atom is -0.508 e. The molecule has 1 aliphatic heterocycles. The molecule has 5 heteroatoms. The molecule has 0 radical (unpaired) electrons. The van der Waals surface area contributed by atoms with Crippen LogP contribution in [0.15, 0.2) is 64.8 Å². The number of carbonyl (C=O) groups is 2. The number of allylic oxidation sites excluding steroid dienone is 2. The van der Waals surface area contributed by atoms with E-state index >= 15 is 0 Å². The van der Waals surface area contributed by atoms with Crippen LogP contribution in [0, 0.1) is 5.92 Å². The average molecular weight is 500 g/mol. The minimum absolute atomic E-state index is 0.0226. The Bertz CT molecular complexity index is 1260. The summed E-state index contributed by atoms with van der Waals surface area (Å²) in [6.45, 7) is 8.45. The number of hydrogen-bond donors (Lipinski definition) is 1. The SMILES string of the molecule is CC1=NC2=C(C(=O)CC(c3ccc(C(C)(C)C)cc3)C2)C(c2cccc(O)c2)C1C(=O)OC1CCCC1. The summed E-state index contributed by atoms with van der Waals surface area (Å²) >= 11 is 0. The standard InChI is InChI=1S/C32H37NO4/c1-19-28(31(36)37-25-10-5-6-11-25)29(21-8-7-9-24(34)16-21)30-26(33-19)17-22(18-27(30)35)20-12-14-23(15-13-20)32(2,3)4/h7-9,12-16,22,25,28-29,34H,5-6,10-11,17-18H2,1-4H3. The summed E-state index contributed by atoms with van der Waals surface area (Å²) in [4.78, 5) is 32.2. The summed E-state index contributed by atoms with van der Waals surface area (Å²) in [5.41, 5.74) is 5.25. The van der Waals surface area contributed by atoms with Gasteiger partial charge in [-0.3, -0.25) is 14.6 Å². The molecule has 1 heterocycles. The lowest BCUT2D eigenvalue weighted by Gasteiger charge is -2.37. The third-order valence-corrected chi connectivity index (χ3v) is 8.20. The number of ketones is 1. The zero-order chi connectivity index (χ0) is 26.3. The number of nitrogens with zero attached hydrogens (tertiary/aromatic N) is 1. The molecular formula is C32H37NO4. The molecule has 37 heavy (non-hydrogen) atoms. The highest BCUT2D eigenvalue weighted by Gasteiger charge is 2.45. The largest absolute Gasteiger partial charge is 0.508 e. The van der Waals surface area contributed by atoms with Crippen molar-refractivity contribution in [3.63, 3.8) is 0 Å². The predicted octanol–water partition coefficient (Wildman–Crippen LogP) is 6.75. The number of rotatable bonds is 4. The molecule has 0 saturated heterocycles. The van der Waals surface area contributed by atoms with Gasteiger partial charge in [0.15, 0.2) is 5.78 Å². The molecular weight excluding hydrogens is 462 g/mol. The van der Waals surface area contributed by atoms with Crippen molar-refractivity contribution in [1.29, 1.82) is 0 Å². The van der Waals surface area contributed by atoms with Crippen LogP contribution in [0.1, 0.15) is 94.7 Å². The van der Waals surface area contributed by atoms with Crippen molar-refractivity contribution in [3.05, 3.63) is 76.5 Å². The molecule has 0 amide bonds. The molecule has 194 valence electrons. The molecule has 2 aromatic carbocycles. The van der Waals surface area contributed by atoms with Gasteiger partial charge < -0.3 is 9.84 Å². The zero-order valence-corrected chi connectivity index (χ0v) is 22.3. The fourth-order valence-electron chi connectivity index (χ4n) is 6.18. The van der Waals surface area contributed by atoms with E-state index in [0.29, 0.717) is 24.1 Å². The summed E-state index contributed by atoms with van der Waals surface area (Å²) in [6.07, 6.45) is 4.86. The van der Waals surface area contributed by atoms with Crippen molar-refractivity contribution in [2.24, 2.45) is 10.9 Å². The molecule has 1 N–H and O–H groups in total. The highest BCUT2D eigenvalue weighted by Crippen LogP contribution is 2.47. The number of aromatic hydroxyl groups is 1. The lowest BCUT2D eigenvalue weighted by Crippen LogP contribution is -2.39. The molecule has 0 bridgehead atoms. The molecule has 3 aliphatic rings. The van der Waals surface area contributed by atoms with Crippen molar-refractivity contribution in [1.82, 2.24) is 0 Å². The number of Topliss-reactive ketones (excluding diaryl/α,β-unsaturated/α-hetero) is 1. The number of phenols is 1. The quantitative estimate of drug-likeness (QED) is 0.472. The number of ether oxygens (including phenoxy) is 1. The molecule has 2 aromatic rings. The number of hydrogen-bond acceptors (Lipinski definition) is 5. The van der Waals surface area contributed by atoms with Crippen LogP contribution in [-0.4, -0.2) is 28.7 Å². The van der Waals surface area contributed by atoms with Crippen molar-refractivity contribution < 1.29 is 19.4 Å². The van der Waals surface area contributed by atoms with Gasteiger partial charge in [-0.25, -0.2) is 0 Å². The van der Waals surface area contributed by atoms with Crippen LogP contribution in [0.3, 0.4) is 0 Å². The lowest BCUT2D eigenvalue weighted by molar-refractivity contribution is -0.151. The van der Waals surface area contributed by atoms with E-state index in [1.54, 1.807) is 18.2 Å². The third kappa shape index (κ3) is 5.14. The summed E-state index contributed by atoms with van der Waals surface area (Å²) in [5, 5.41) is 10.2. The minimum atomic E-state index is -0.673. The van der Waals surface area contributed by atoms with Crippen LogP contribution in [0.25, 0.3) is 0 Å². The Morgan fingerprint density at radius 3 is 2.35 bits per heavy atom. The predicted molar refractivity (Wildman–Crippen MR) is 145 cm³/mol. The molecule has 1 fully saturated rings. The fraction of sp³-hybridized carbons (Fsp3) is 0.469. The first-order valence-electron chi connectivity index (χ1n) is 13.5. The first kappa shape index (κ1) is 25.4. The van der Waals surface area contributed by atoms with Gasteiger partial charge in [0.2, 0.25) is 0 Å². The van der Waals surface area contributed by atoms with Gasteiger partial charge >= 0.3 is 5.97 Å². The number of benzene rings is 2. The van der Waals surface area contributed by atoms with Crippen molar-refractivity contribution in [3.8, 4) is 5.75 Å². The monoisotopic (exact) mass is 499 g/mol.